The second-order valence-corrected chi connectivity index (χ2v) is 4.41. The Morgan fingerprint density at radius 2 is 1.83 bits per heavy atom. The van der Waals surface area contributed by atoms with Gasteiger partial charge >= 0.3 is 0 Å². The molecule has 0 aliphatic carbocycles. The first-order chi connectivity index (χ1) is 8.54. The Kier molecular flexibility index (Phi) is 5.82. The molecule has 0 aromatic heterocycles. The molecular formula is C13H16ClNO3. The van der Waals surface area contributed by atoms with Crippen molar-refractivity contribution < 1.29 is 14.7 Å². The number of benzene rings is 1. The molecule has 1 amide bonds. The van der Waals surface area contributed by atoms with E-state index in [1.54, 1.807) is 31.3 Å². The molecule has 0 unspecified atom stereocenters. The molecular weight excluding hydrogens is 254 g/mol. The average molecular weight is 270 g/mol. The molecule has 0 saturated heterocycles. The number of hydrogen-bond acceptors (Lipinski definition) is 3. The molecule has 0 fully saturated rings. The zero-order chi connectivity index (χ0) is 13.5. The second kappa shape index (κ2) is 7.13. The minimum Gasteiger partial charge on any atom is -0.395 e. The number of Topliss-reactive ketones (excluding diaryl/α,β-unsaturated/α-hetero) is 1. The third-order valence-electron chi connectivity index (χ3n) is 2.59. The minimum atomic E-state index is -0.147. The van der Waals surface area contributed by atoms with Gasteiger partial charge in [-0.1, -0.05) is 11.6 Å². The summed E-state index contributed by atoms with van der Waals surface area (Å²) in [6.45, 7) is 0.210. The normalized spacial score (nSPS) is 10.2. The molecule has 0 aliphatic rings. The number of ketones is 1. The Bertz CT molecular complexity index is 417. The summed E-state index contributed by atoms with van der Waals surface area (Å²) in [6, 6.07) is 6.59. The molecule has 1 aromatic rings. The number of aliphatic hydroxyl groups is 1. The highest BCUT2D eigenvalue weighted by molar-refractivity contribution is 6.30. The molecule has 1 aromatic carbocycles. The molecule has 0 aliphatic heterocycles. The number of hydrogen-bond donors (Lipinski definition) is 1. The van der Waals surface area contributed by atoms with E-state index < -0.39 is 0 Å². The standard InChI is InChI=1S/C13H16ClNO3/c1-15(8-9-16)13(18)7-6-12(17)10-2-4-11(14)5-3-10/h2-5,16H,6-9H2,1H3. The molecule has 4 nitrogen and oxygen atoms in total. The van der Waals surface area contributed by atoms with Crippen LogP contribution in [0.1, 0.15) is 23.2 Å². The van der Waals surface area contributed by atoms with Crippen molar-refractivity contribution in [2.24, 2.45) is 0 Å². The van der Waals surface area contributed by atoms with Gasteiger partial charge < -0.3 is 10.0 Å². The molecule has 0 heterocycles. The van der Waals surface area contributed by atoms with Gasteiger partial charge in [-0.3, -0.25) is 9.59 Å². The summed E-state index contributed by atoms with van der Waals surface area (Å²) in [5.41, 5.74) is 0.553. The summed E-state index contributed by atoms with van der Waals surface area (Å²) in [5.74, 6) is -0.233. The van der Waals surface area contributed by atoms with Crippen molar-refractivity contribution in [2.45, 2.75) is 12.8 Å². The van der Waals surface area contributed by atoms with Crippen molar-refractivity contribution in [2.75, 3.05) is 20.2 Å². The van der Waals surface area contributed by atoms with Gasteiger partial charge in [0, 0.05) is 37.0 Å². The highest BCUT2D eigenvalue weighted by atomic mass is 35.5. The van der Waals surface area contributed by atoms with Crippen LogP contribution in [-0.4, -0.2) is 41.9 Å². The van der Waals surface area contributed by atoms with Gasteiger partial charge in [-0.25, -0.2) is 0 Å². The quantitative estimate of drug-likeness (QED) is 0.801. The monoisotopic (exact) mass is 269 g/mol. The zero-order valence-electron chi connectivity index (χ0n) is 10.2. The lowest BCUT2D eigenvalue weighted by Gasteiger charge is -2.15. The first kappa shape index (κ1) is 14.7. The topological polar surface area (TPSA) is 57.6 Å². The second-order valence-electron chi connectivity index (χ2n) is 3.97. The van der Waals surface area contributed by atoms with Gasteiger partial charge in [0.2, 0.25) is 5.91 Å². The van der Waals surface area contributed by atoms with Gasteiger partial charge in [0.1, 0.15) is 0 Å². The Morgan fingerprint density at radius 3 is 2.39 bits per heavy atom. The number of carbonyl (C=O) groups is 2. The smallest absolute Gasteiger partial charge is 0.222 e. The third kappa shape index (κ3) is 4.47. The van der Waals surface area contributed by atoms with E-state index in [4.69, 9.17) is 16.7 Å². The van der Waals surface area contributed by atoms with Crippen LogP contribution in [0.3, 0.4) is 0 Å². The fourth-order valence-electron chi connectivity index (χ4n) is 1.47. The average Bonchev–Trinajstić information content (AvgIpc) is 2.36. The summed E-state index contributed by atoms with van der Waals surface area (Å²) in [7, 11) is 1.60. The molecule has 0 radical (unpaired) electrons. The van der Waals surface area contributed by atoms with Crippen molar-refractivity contribution in [1.82, 2.24) is 4.90 Å². The summed E-state index contributed by atoms with van der Waals surface area (Å²) < 4.78 is 0. The molecule has 0 bridgehead atoms. The molecule has 5 heteroatoms. The Hall–Kier alpha value is -1.39. The first-order valence-electron chi connectivity index (χ1n) is 5.68. The van der Waals surface area contributed by atoms with E-state index in [1.165, 1.54) is 4.90 Å². The highest BCUT2D eigenvalue weighted by Crippen LogP contribution is 2.12. The van der Waals surface area contributed by atoms with E-state index in [0.29, 0.717) is 10.6 Å². The lowest BCUT2D eigenvalue weighted by atomic mass is 10.1. The number of rotatable bonds is 6. The Morgan fingerprint density at radius 1 is 1.22 bits per heavy atom. The maximum absolute atomic E-state index is 11.8. The van der Waals surface area contributed by atoms with Crippen LogP contribution in [0.2, 0.25) is 5.02 Å². The SMILES string of the molecule is CN(CCO)C(=O)CCC(=O)c1ccc(Cl)cc1. The molecule has 0 spiro atoms. The maximum atomic E-state index is 11.8. The van der Waals surface area contributed by atoms with Crippen LogP contribution >= 0.6 is 11.6 Å². The van der Waals surface area contributed by atoms with Gasteiger partial charge in [-0.05, 0) is 24.3 Å². The lowest BCUT2D eigenvalue weighted by Crippen LogP contribution is -2.29. The zero-order valence-corrected chi connectivity index (χ0v) is 11.0. The van der Waals surface area contributed by atoms with Crippen LogP contribution in [0.4, 0.5) is 0 Å². The number of halogens is 1. The van der Waals surface area contributed by atoms with E-state index in [9.17, 15) is 9.59 Å². The molecule has 0 saturated carbocycles. The summed E-state index contributed by atoms with van der Waals surface area (Å²) in [6.07, 6.45) is 0.314. The molecule has 0 atom stereocenters. The minimum absolute atomic E-state index is 0.0760. The third-order valence-corrected chi connectivity index (χ3v) is 2.85. The van der Waals surface area contributed by atoms with Crippen LogP contribution in [0, 0.1) is 0 Å². The molecule has 1 N–H and O–H groups in total. The van der Waals surface area contributed by atoms with Gasteiger partial charge in [0.05, 0.1) is 6.61 Å². The number of likely N-dealkylation sites (N-methyl/N-ethyl adjacent to an activating group) is 1. The van der Waals surface area contributed by atoms with E-state index in [0.717, 1.165) is 0 Å². The van der Waals surface area contributed by atoms with E-state index >= 15 is 0 Å². The van der Waals surface area contributed by atoms with Crippen LogP contribution in [0.5, 0.6) is 0 Å². The number of amides is 1. The van der Waals surface area contributed by atoms with Crippen LogP contribution < -0.4 is 0 Å². The summed E-state index contributed by atoms with van der Waals surface area (Å²) >= 11 is 5.72. The van der Waals surface area contributed by atoms with E-state index in [-0.39, 0.29) is 37.7 Å². The predicted octanol–water partition coefficient (Wildman–Crippen LogP) is 1.75. The van der Waals surface area contributed by atoms with Gasteiger partial charge in [0.15, 0.2) is 5.78 Å². The predicted molar refractivity (Wildman–Crippen MR) is 69.7 cm³/mol. The van der Waals surface area contributed by atoms with Crippen molar-refractivity contribution in [3.05, 3.63) is 34.9 Å². The van der Waals surface area contributed by atoms with Crippen molar-refractivity contribution >= 4 is 23.3 Å². The van der Waals surface area contributed by atoms with Gasteiger partial charge in [-0.2, -0.15) is 0 Å². The highest BCUT2D eigenvalue weighted by Gasteiger charge is 2.12. The maximum Gasteiger partial charge on any atom is 0.222 e. The summed E-state index contributed by atoms with van der Waals surface area (Å²) in [4.78, 5) is 24.8. The molecule has 1 rings (SSSR count). The van der Waals surface area contributed by atoms with Crippen LogP contribution in [0.15, 0.2) is 24.3 Å². The molecule has 98 valence electrons. The number of aliphatic hydroxyl groups excluding tert-OH is 1. The van der Waals surface area contributed by atoms with E-state index in [1.807, 2.05) is 0 Å². The first-order valence-corrected chi connectivity index (χ1v) is 6.06. The fourth-order valence-corrected chi connectivity index (χ4v) is 1.59. The van der Waals surface area contributed by atoms with Crippen molar-refractivity contribution in [1.29, 1.82) is 0 Å². The van der Waals surface area contributed by atoms with Crippen LogP contribution in [0.25, 0.3) is 0 Å². The Labute approximate surface area is 111 Å². The van der Waals surface area contributed by atoms with Crippen molar-refractivity contribution in [3.8, 4) is 0 Å². The van der Waals surface area contributed by atoms with Gasteiger partial charge in [0.25, 0.3) is 0 Å². The fraction of sp³-hybridized carbons (Fsp3) is 0.385. The van der Waals surface area contributed by atoms with Gasteiger partial charge in [-0.15, -0.1) is 0 Å². The van der Waals surface area contributed by atoms with Crippen molar-refractivity contribution in [3.63, 3.8) is 0 Å². The lowest BCUT2D eigenvalue weighted by molar-refractivity contribution is -0.130. The Balaban J connectivity index is 2.46. The van der Waals surface area contributed by atoms with E-state index in [2.05, 4.69) is 0 Å². The summed E-state index contributed by atoms with van der Waals surface area (Å²) in [5, 5.41) is 9.27. The largest absolute Gasteiger partial charge is 0.395 e. The number of nitrogens with zero attached hydrogens (tertiary/aromatic N) is 1. The molecule has 18 heavy (non-hydrogen) atoms. The number of carbonyl (C=O) groups excluding carboxylic acids is 2. The van der Waals surface area contributed by atoms with Crippen LogP contribution in [-0.2, 0) is 4.79 Å².